The first-order chi connectivity index (χ1) is 9.08. The predicted molar refractivity (Wildman–Crippen MR) is 74.1 cm³/mol. The SMILES string of the molecule is C[C@H](N)c1cccnc1Sc1ccc([N+](=O)[O-])cc1. The molecule has 0 aliphatic carbocycles. The number of benzene rings is 1. The fraction of sp³-hybridized carbons (Fsp3) is 0.154. The van der Waals surface area contributed by atoms with Crippen molar-refractivity contribution in [2.45, 2.75) is 22.9 Å². The maximum absolute atomic E-state index is 10.6. The lowest BCUT2D eigenvalue weighted by Crippen LogP contribution is -2.07. The predicted octanol–water partition coefficient (Wildman–Crippen LogP) is 3.16. The molecule has 1 aromatic carbocycles. The van der Waals surface area contributed by atoms with Crippen molar-refractivity contribution in [2.24, 2.45) is 5.73 Å². The Morgan fingerprint density at radius 2 is 2.00 bits per heavy atom. The molecule has 0 radical (unpaired) electrons. The summed E-state index contributed by atoms with van der Waals surface area (Å²) in [6.07, 6.45) is 1.71. The Hall–Kier alpha value is -1.92. The van der Waals surface area contributed by atoms with Crippen molar-refractivity contribution in [1.82, 2.24) is 4.98 Å². The van der Waals surface area contributed by atoms with Crippen molar-refractivity contribution in [3.8, 4) is 0 Å². The summed E-state index contributed by atoms with van der Waals surface area (Å²) in [5, 5.41) is 11.4. The molecular formula is C13H13N3O2S. The third-order valence-corrected chi connectivity index (χ3v) is 3.60. The average molecular weight is 275 g/mol. The van der Waals surface area contributed by atoms with Crippen molar-refractivity contribution in [1.29, 1.82) is 0 Å². The summed E-state index contributed by atoms with van der Waals surface area (Å²) in [4.78, 5) is 15.4. The van der Waals surface area contributed by atoms with Gasteiger partial charge in [-0.3, -0.25) is 10.1 Å². The first-order valence-electron chi connectivity index (χ1n) is 5.70. The monoisotopic (exact) mass is 275 g/mol. The molecule has 19 heavy (non-hydrogen) atoms. The highest BCUT2D eigenvalue weighted by molar-refractivity contribution is 7.99. The van der Waals surface area contributed by atoms with Gasteiger partial charge < -0.3 is 5.73 Å². The normalized spacial score (nSPS) is 12.1. The number of hydrogen-bond donors (Lipinski definition) is 1. The molecule has 0 aliphatic rings. The van der Waals surface area contributed by atoms with Crippen LogP contribution in [-0.4, -0.2) is 9.91 Å². The molecule has 2 N–H and O–H groups in total. The molecule has 0 fully saturated rings. The van der Waals surface area contributed by atoms with Gasteiger partial charge in [0, 0.05) is 34.8 Å². The maximum atomic E-state index is 10.6. The van der Waals surface area contributed by atoms with Gasteiger partial charge in [-0.1, -0.05) is 17.8 Å². The number of nitro benzene ring substituents is 1. The number of rotatable bonds is 4. The summed E-state index contributed by atoms with van der Waals surface area (Å²) in [6, 6.07) is 10.1. The second kappa shape index (κ2) is 5.81. The molecule has 1 atom stereocenters. The second-order valence-corrected chi connectivity index (χ2v) is 5.10. The van der Waals surface area contributed by atoms with Crippen molar-refractivity contribution in [3.63, 3.8) is 0 Å². The second-order valence-electron chi connectivity index (χ2n) is 4.04. The number of non-ortho nitro benzene ring substituents is 1. The minimum absolute atomic E-state index is 0.0813. The molecule has 0 saturated carbocycles. The molecule has 1 heterocycles. The fourth-order valence-corrected chi connectivity index (χ4v) is 2.56. The van der Waals surface area contributed by atoms with Crippen LogP contribution in [0.4, 0.5) is 5.69 Å². The summed E-state index contributed by atoms with van der Waals surface area (Å²) in [7, 11) is 0. The van der Waals surface area contributed by atoms with Gasteiger partial charge in [-0.15, -0.1) is 0 Å². The Labute approximate surface area is 115 Å². The molecule has 6 heteroatoms. The first kappa shape index (κ1) is 13.5. The van der Waals surface area contributed by atoms with Crippen LogP contribution >= 0.6 is 11.8 Å². The Morgan fingerprint density at radius 3 is 2.58 bits per heavy atom. The molecule has 2 rings (SSSR count). The van der Waals surface area contributed by atoms with Crippen molar-refractivity contribution < 1.29 is 4.92 Å². The number of nitrogens with two attached hydrogens (primary N) is 1. The third kappa shape index (κ3) is 3.30. The lowest BCUT2D eigenvalue weighted by atomic mass is 10.2. The van der Waals surface area contributed by atoms with E-state index >= 15 is 0 Å². The molecule has 0 unspecified atom stereocenters. The molecule has 0 spiro atoms. The van der Waals surface area contributed by atoms with Gasteiger partial charge in [0.05, 0.1) is 4.92 Å². The zero-order valence-corrected chi connectivity index (χ0v) is 11.1. The molecule has 0 amide bonds. The summed E-state index contributed by atoms with van der Waals surface area (Å²) in [5.41, 5.74) is 6.93. The number of nitrogens with zero attached hydrogens (tertiary/aromatic N) is 2. The highest BCUT2D eigenvalue weighted by Gasteiger charge is 2.10. The molecule has 5 nitrogen and oxygen atoms in total. The van der Waals surface area contributed by atoms with Crippen LogP contribution in [0.15, 0.2) is 52.5 Å². The van der Waals surface area contributed by atoms with E-state index in [1.165, 1.54) is 23.9 Å². The number of nitro groups is 1. The summed E-state index contributed by atoms with van der Waals surface area (Å²) in [6.45, 7) is 1.90. The molecule has 98 valence electrons. The highest BCUT2D eigenvalue weighted by Crippen LogP contribution is 2.31. The topological polar surface area (TPSA) is 82.0 Å². The van der Waals surface area contributed by atoms with Crippen LogP contribution in [-0.2, 0) is 0 Å². The number of hydrogen-bond acceptors (Lipinski definition) is 5. The van der Waals surface area contributed by atoms with Gasteiger partial charge in [0.1, 0.15) is 5.03 Å². The van der Waals surface area contributed by atoms with Crippen LogP contribution in [0, 0.1) is 10.1 Å². The summed E-state index contributed by atoms with van der Waals surface area (Å²) in [5.74, 6) is 0. The lowest BCUT2D eigenvalue weighted by Gasteiger charge is -2.10. The minimum Gasteiger partial charge on any atom is -0.324 e. The van der Waals surface area contributed by atoms with Crippen LogP contribution in [0.25, 0.3) is 0 Å². The summed E-state index contributed by atoms with van der Waals surface area (Å²) >= 11 is 1.45. The zero-order valence-electron chi connectivity index (χ0n) is 10.3. The molecular weight excluding hydrogens is 262 g/mol. The van der Waals surface area contributed by atoms with Gasteiger partial charge in [-0.25, -0.2) is 4.98 Å². The van der Waals surface area contributed by atoms with E-state index < -0.39 is 4.92 Å². The van der Waals surface area contributed by atoms with E-state index in [0.29, 0.717) is 0 Å². The standard InChI is InChI=1S/C13H13N3O2S/c1-9(14)12-3-2-8-15-13(12)19-11-6-4-10(5-7-11)16(17)18/h2-9H,14H2,1H3/t9-/m0/s1. The van der Waals surface area contributed by atoms with Gasteiger partial charge in [0.25, 0.3) is 5.69 Å². The van der Waals surface area contributed by atoms with Gasteiger partial charge in [0.2, 0.25) is 0 Å². The van der Waals surface area contributed by atoms with Crippen LogP contribution < -0.4 is 5.73 Å². The Balaban J connectivity index is 2.24. The molecule has 2 aromatic rings. The third-order valence-electron chi connectivity index (χ3n) is 2.55. The van der Waals surface area contributed by atoms with Gasteiger partial charge in [0.15, 0.2) is 0 Å². The highest BCUT2D eigenvalue weighted by atomic mass is 32.2. The smallest absolute Gasteiger partial charge is 0.269 e. The largest absolute Gasteiger partial charge is 0.324 e. The van der Waals surface area contributed by atoms with Gasteiger partial charge in [-0.05, 0) is 25.1 Å². The van der Waals surface area contributed by atoms with E-state index in [1.54, 1.807) is 18.3 Å². The molecule has 0 bridgehead atoms. The van der Waals surface area contributed by atoms with E-state index in [4.69, 9.17) is 5.73 Å². The maximum Gasteiger partial charge on any atom is 0.269 e. The van der Waals surface area contributed by atoms with E-state index in [2.05, 4.69) is 4.98 Å². The van der Waals surface area contributed by atoms with Gasteiger partial charge >= 0.3 is 0 Å². The molecule has 0 aliphatic heterocycles. The van der Waals surface area contributed by atoms with Crippen LogP contribution in [0.3, 0.4) is 0 Å². The molecule has 1 aromatic heterocycles. The Morgan fingerprint density at radius 1 is 1.32 bits per heavy atom. The first-order valence-corrected chi connectivity index (χ1v) is 6.52. The fourth-order valence-electron chi connectivity index (χ4n) is 1.58. The zero-order chi connectivity index (χ0) is 13.8. The van der Waals surface area contributed by atoms with Crippen molar-refractivity contribution in [3.05, 3.63) is 58.3 Å². The van der Waals surface area contributed by atoms with E-state index in [0.717, 1.165) is 15.5 Å². The van der Waals surface area contributed by atoms with Gasteiger partial charge in [-0.2, -0.15) is 0 Å². The molecule has 0 saturated heterocycles. The average Bonchev–Trinajstić information content (AvgIpc) is 2.39. The summed E-state index contributed by atoms with van der Waals surface area (Å²) < 4.78 is 0. The number of aromatic nitrogens is 1. The quantitative estimate of drug-likeness (QED) is 0.684. The number of pyridine rings is 1. The van der Waals surface area contributed by atoms with Crippen molar-refractivity contribution >= 4 is 17.4 Å². The lowest BCUT2D eigenvalue weighted by molar-refractivity contribution is -0.384. The Kier molecular flexibility index (Phi) is 4.13. The van der Waals surface area contributed by atoms with Crippen molar-refractivity contribution in [2.75, 3.05) is 0 Å². The minimum atomic E-state index is -0.414. The van der Waals surface area contributed by atoms with Crippen LogP contribution in [0.5, 0.6) is 0 Å². The Bertz CT molecular complexity index is 585. The van der Waals surface area contributed by atoms with Crippen LogP contribution in [0.1, 0.15) is 18.5 Å². The van der Waals surface area contributed by atoms with E-state index in [9.17, 15) is 10.1 Å². The van der Waals surface area contributed by atoms with Crippen LogP contribution in [0.2, 0.25) is 0 Å². The van der Waals surface area contributed by atoms with E-state index in [-0.39, 0.29) is 11.7 Å². The van der Waals surface area contributed by atoms with E-state index in [1.807, 2.05) is 19.1 Å².